The quantitative estimate of drug-likeness (QED) is 0.299. The van der Waals surface area contributed by atoms with E-state index >= 15 is 0 Å². The molecule has 0 saturated carbocycles. The van der Waals surface area contributed by atoms with E-state index in [0.29, 0.717) is 40.1 Å². The molecule has 8 nitrogen and oxygen atoms in total. The second-order valence-electron chi connectivity index (χ2n) is 9.31. The van der Waals surface area contributed by atoms with E-state index < -0.39 is 5.97 Å². The summed E-state index contributed by atoms with van der Waals surface area (Å²) in [7, 11) is 1.36. The van der Waals surface area contributed by atoms with Gasteiger partial charge < -0.3 is 20.7 Å². The molecule has 2 aliphatic rings. The Morgan fingerprint density at radius 3 is 2.89 bits per heavy atom. The zero-order chi connectivity index (χ0) is 25.8. The molecule has 4 heterocycles. The number of nitrogens with one attached hydrogen (secondary N) is 3. The number of benzene rings is 1. The number of anilines is 2. The molecule has 0 spiro atoms. The van der Waals surface area contributed by atoms with Gasteiger partial charge in [0.2, 0.25) is 0 Å². The molecule has 1 saturated heterocycles. The third-order valence-corrected chi connectivity index (χ3v) is 8.10. The molecule has 5 rings (SSSR count). The first-order chi connectivity index (χ1) is 18.0. The second-order valence-corrected chi connectivity index (χ2v) is 10.8. The van der Waals surface area contributed by atoms with Crippen LogP contribution in [0, 0.1) is 0 Å². The van der Waals surface area contributed by atoms with Gasteiger partial charge in [-0.3, -0.25) is 9.69 Å². The number of halogens is 1. The average molecular weight is 540 g/mol. The van der Waals surface area contributed by atoms with Crippen LogP contribution in [0.5, 0.6) is 0 Å². The Kier molecular flexibility index (Phi) is 8.05. The lowest BCUT2D eigenvalue weighted by atomic mass is 10.0. The number of ether oxygens (including phenoxy) is 1. The number of methoxy groups -OCH3 is 1. The lowest BCUT2D eigenvalue weighted by molar-refractivity contribution is 0.0601. The van der Waals surface area contributed by atoms with Gasteiger partial charge in [0, 0.05) is 30.6 Å². The van der Waals surface area contributed by atoms with Gasteiger partial charge in [0.15, 0.2) is 0 Å². The van der Waals surface area contributed by atoms with Crippen LogP contribution in [0.4, 0.5) is 10.8 Å². The minimum absolute atomic E-state index is 0.126. The Morgan fingerprint density at radius 1 is 1.24 bits per heavy atom. The van der Waals surface area contributed by atoms with Crippen molar-refractivity contribution < 1.29 is 14.3 Å². The summed E-state index contributed by atoms with van der Waals surface area (Å²) < 4.78 is 5.03. The maximum absolute atomic E-state index is 13.5. The van der Waals surface area contributed by atoms with Gasteiger partial charge in [-0.15, -0.1) is 11.3 Å². The number of rotatable bonds is 7. The topological polar surface area (TPSA) is 95.6 Å². The van der Waals surface area contributed by atoms with Crippen LogP contribution in [0.3, 0.4) is 0 Å². The Labute approximate surface area is 225 Å². The van der Waals surface area contributed by atoms with E-state index in [1.165, 1.54) is 24.0 Å². The first-order valence-electron chi connectivity index (χ1n) is 12.5. The fourth-order valence-corrected chi connectivity index (χ4v) is 6.34. The highest BCUT2D eigenvalue weighted by Crippen LogP contribution is 2.36. The minimum Gasteiger partial charge on any atom is -0.465 e. The van der Waals surface area contributed by atoms with Crippen LogP contribution >= 0.6 is 22.9 Å². The number of piperidine rings is 1. The van der Waals surface area contributed by atoms with Crippen molar-refractivity contribution in [3.8, 4) is 0 Å². The zero-order valence-corrected chi connectivity index (χ0v) is 22.3. The molecule has 2 aromatic heterocycles. The molecule has 0 aliphatic carbocycles. The largest absolute Gasteiger partial charge is 0.465 e. The summed E-state index contributed by atoms with van der Waals surface area (Å²) in [4.78, 5) is 34.0. The van der Waals surface area contributed by atoms with E-state index in [-0.39, 0.29) is 11.9 Å². The van der Waals surface area contributed by atoms with Gasteiger partial charge in [0.1, 0.15) is 16.0 Å². The number of carbonyl (C=O) groups excluding carboxylic acids is 2. The van der Waals surface area contributed by atoms with Gasteiger partial charge in [-0.05, 0) is 55.6 Å². The van der Waals surface area contributed by atoms with Crippen molar-refractivity contribution in [2.45, 2.75) is 38.4 Å². The van der Waals surface area contributed by atoms with Gasteiger partial charge in [0.05, 0.1) is 18.2 Å². The van der Waals surface area contributed by atoms with Gasteiger partial charge in [-0.2, -0.15) is 0 Å². The molecule has 2 aliphatic heterocycles. The monoisotopic (exact) mass is 539 g/mol. The summed E-state index contributed by atoms with van der Waals surface area (Å²) in [6.07, 6.45) is 2.73. The van der Waals surface area contributed by atoms with Crippen molar-refractivity contribution in [2.24, 2.45) is 0 Å². The van der Waals surface area contributed by atoms with Crippen molar-refractivity contribution >= 4 is 45.6 Å². The Bertz CT molecular complexity index is 1280. The number of nitrogens with zero attached hydrogens (tertiary/aromatic N) is 2. The maximum Gasteiger partial charge on any atom is 0.341 e. The van der Waals surface area contributed by atoms with Crippen molar-refractivity contribution in [2.75, 3.05) is 37.4 Å². The van der Waals surface area contributed by atoms with Crippen LogP contribution in [0.1, 0.15) is 49.6 Å². The summed E-state index contributed by atoms with van der Waals surface area (Å²) in [5.41, 5.74) is 3.04. The Hall–Kier alpha value is -2.98. The van der Waals surface area contributed by atoms with Crippen LogP contribution in [-0.2, 0) is 24.2 Å². The van der Waals surface area contributed by atoms with Crippen molar-refractivity contribution in [3.63, 3.8) is 0 Å². The highest BCUT2D eigenvalue weighted by Gasteiger charge is 2.28. The van der Waals surface area contributed by atoms with E-state index in [2.05, 4.69) is 50.1 Å². The number of amides is 1. The normalized spacial score (nSPS) is 17.6. The number of aromatic nitrogens is 1. The molecule has 0 radical (unpaired) electrons. The minimum atomic E-state index is -0.442. The van der Waals surface area contributed by atoms with Gasteiger partial charge in [0.25, 0.3) is 5.91 Å². The molecule has 3 aromatic rings. The lowest BCUT2D eigenvalue weighted by Gasteiger charge is -2.33. The molecule has 1 fully saturated rings. The molecular formula is C27H30ClN5O3S. The number of thiophene rings is 1. The van der Waals surface area contributed by atoms with E-state index in [9.17, 15) is 9.59 Å². The highest BCUT2D eigenvalue weighted by molar-refractivity contribution is 7.17. The van der Waals surface area contributed by atoms with E-state index in [1.54, 1.807) is 12.1 Å². The zero-order valence-electron chi connectivity index (χ0n) is 20.7. The smallest absolute Gasteiger partial charge is 0.341 e. The van der Waals surface area contributed by atoms with E-state index in [4.69, 9.17) is 16.3 Å². The van der Waals surface area contributed by atoms with Crippen LogP contribution < -0.4 is 16.0 Å². The van der Waals surface area contributed by atoms with Crippen molar-refractivity contribution in [1.29, 1.82) is 0 Å². The molecule has 37 heavy (non-hydrogen) atoms. The summed E-state index contributed by atoms with van der Waals surface area (Å²) >= 11 is 7.64. The summed E-state index contributed by atoms with van der Waals surface area (Å²) in [6, 6.07) is 13.8. The van der Waals surface area contributed by atoms with Crippen LogP contribution in [0.25, 0.3) is 0 Å². The van der Waals surface area contributed by atoms with E-state index in [0.717, 1.165) is 49.5 Å². The third-order valence-electron chi connectivity index (χ3n) is 6.75. The Balaban J connectivity index is 1.34. The number of hydrogen-bond acceptors (Lipinski definition) is 8. The average Bonchev–Trinajstić information content (AvgIpc) is 3.27. The van der Waals surface area contributed by atoms with Gasteiger partial charge in [-0.25, -0.2) is 9.78 Å². The van der Waals surface area contributed by atoms with Gasteiger partial charge >= 0.3 is 5.97 Å². The first kappa shape index (κ1) is 25.7. The SMILES string of the molecule is COC(=O)c1c(NC(=O)c2ccc(Cl)nc2NC2CCCN(Cc3ccccc3)C2)sc2c1CCNC2. The maximum atomic E-state index is 13.5. The number of fused-ring (bicyclic) bond motifs is 1. The van der Waals surface area contributed by atoms with E-state index in [1.807, 2.05) is 6.07 Å². The molecule has 1 unspecified atom stereocenters. The highest BCUT2D eigenvalue weighted by atomic mass is 35.5. The lowest BCUT2D eigenvalue weighted by Crippen LogP contribution is -2.42. The summed E-state index contributed by atoms with van der Waals surface area (Å²) in [5, 5.41) is 10.5. The predicted octanol–water partition coefficient (Wildman–Crippen LogP) is 4.56. The number of esters is 1. The molecule has 1 atom stereocenters. The molecule has 1 aromatic carbocycles. The molecule has 194 valence electrons. The van der Waals surface area contributed by atoms with Crippen molar-refractivity contribution in [1.82, 2.24) is 15.2 Å². The number of likely N-dealkylation sites (tertiary alicyclic amines) is 1. The first-order valence-corrected chi connectivity index (χ1v) is 13.7. The van der Waals surface area contributed by atoms with Crippen LogP contribution in [0.15, 0.2) is 42.5 Å². The third kappa shape index (κ3) is 5.96. The van der Waals surface area contributed by atoms with Crippen molar-refractivity contribution in [3.05, 3.63) is 74.7 Å². The van der Waals surface area contributed by atoms with Crippen LogP contribution in [-0.4, -0.2) is 54.5 Å². The molecule has 10 heteroatoms. The molecular weight excluding hydrogens is 510 g/mol. The number of carbonyl (C=O) groups is 2. The predicted molar refractivity (Wildman–Crippen MR) is 147 cm³/mol. The Morgan fingerprint density at radius 2 is 2.08 bits per heavy atom. The fraction of sp³-hybridized carbons (Fsp3) is 0.370. The molecule has 1 amide bonds. The number of hydrogen-bond donors (Lipinski definition) is 3. The molecule has 3 N–H and O–H groups in total. The number of pyridine rings is 1. The van der Waals surface area contributed by atoms with Crippen LogP contribution in [0.2, 0.25) is 5.15 Å². The standard InChI is InChI=1S/C27H30ClN5O3S/c1-36-27(35)23-19-11-12-29-14-21(19)37-26(23)32-25(34)20-9-10-22(28)31-24(20)30-18-8-5-13-33(16-18)15-17-6-3-2-4-7-17/h2-4,6-7,9-10,18,29H,5,8,11-16H2,1H3,(H,30,31)(H,32,34). The second kappa shape index (κ2) is 11.6. The molecule has 0 bridgehead atoms. The fourth-order valence-electron chi connectivity index (χ4n) is 4.99. The summed E-state index contributed by atoms with van der Waals surface area (Å²) in [5.74, 6) is -0.345. The van der Waals surface area contributed by atoms with Gasteiger partial charge in [-0.1, -0.05) is 41.9 Å². The summed E-state index contributed by atoms with van der Waals surface area (Å²) in [6.45, 7) is 4.18.